The Bertz CT molecular complexity index is 1660. The zero-order chi connectivity index (χ0) is 33.1. The Hall–Kier alpha value is -5.52. The predicted octanol–water partition coefficient (Wildman–Crippen LogP) is 5.34. The minimum absolute atomic E-state index is 0.0134. The summed E-state index contributed by atoms with van der Waals surface area (Å²) >= 11 is 0. The number of amides is 2. The summed E-state index contributed by atoms with van der Waals surface area (Å²) < 4.78 is 38.8. The number of aryl methyl sites for hydroxylation is 2. The molecule has 2 N–H and O–H groups in total. The van der Waals surface area contributed by atoms with Crippen molar-refractivity contribution in [2.75, 3.05) is 14.2 Å². The van der Waals surface area contributed by atoms with E-state index in [1.54, 1.807) is 48.5 Å². The van der Waals surface area contributed by atoms with E-state index >= 15 is 0 Å². The molecule has 0 bridgehead atoms. The van der Waals surface area contributed by atoms with Gasteiger partial charge in [-0.2, -0.15) is 11.0 Å². The summed E-state index contributed by atoms with van der Waals surface area (Å²) in [5.41, 5.74) is 5.65. The highest BCUT2D eigenvalue weighted by Crippen LogP contribution is 2.28. The Morgan fingerprint density at radius 3 is 1.41 bits per heavy atom. The maximum Gasteiger partial charge on any atom is 0.356 e. The van der Waals surface area contributed by atoms with Gasteiger partial charge >= 0.3 is 11.9 Å². The minimum Gasteiger partial charge on any atom is -0.497 e. The summed E-state index contributed by atoms with van der Waals surface area (Å²) in [4.78, 5) is 57.2. The van der Waals surface area contributed by atoms with Crippen molar-refractivity contribution in [2.45, 2.75) is 38.5 Å². The number of hydroxylamine groups is 2. The van der Waals surface area contributed by atoms with Crippen molar-refractivity contribution in [3.63, 3.8) is 0 Å². The first-order valence-corrected chi connectivity index (χ1v) is 14.4. The summed E-state index contributed by atoms with van der Waals surface area (Å²) in [7, 11) is 3.03. The molecule has 4 rings (SSSR count). The second kappa shape index (κ2) is 16.0. The molecule has 0 saturated heterocycles. The van der Waals surface area contributed by atoms with Crippen LogP contribution in [-0.4, -0.2) is 38.0 Å². The van der Waals surface area contributed by atoms with Crippen LogP contribution in [0.5, 0.6) is 11.5 Å². The highest BCUT2D eigenvalue weighted by Gasteiger charge is 2.12. The van der Waals surface area contributed by atoms with Gasteiger partial charge in [-0.3, -0.25) is 9.59 Å². The monoisotopic (exact) mass is 634 g/mol. The molecule has 0 spiro atoms. The van der Waals surface area contributed by atoms with E-state index < -0.39 is 23.8 Å². The molecule has 240 valence electrons. The molecule has 10 nitrogen and oxygen atoms in total. The number of fused-ring (bicyclic) bond motifs is 2. The fourth-order valence-corrected chi connectivity index (χ4v) is 4.79. The van der Waals surface area contributed by atoms with E-state index in [1.807, 2.05) is 11.0 Å². The summed E-state index contributed by atoms with van der Waals surface area (Å²) in [6.07, 6.45) is 3.17. The maximum atomic E-state index is 14.2. The Kier molecular flexibility index (Phi) is 11.6. The molecule has 0 fully saturated rings. The van der Waals surface area contributed by atoms with E-state index in [2.05, 4.69) is 9.68 Å². The van der Waals surface area contributed by atoms with E-state index in [0.717, 1.165) is 23.3 Å². The van der Waals surface area contributed by atoms with Gasteiger partial charge in [0.05, 0.1) is 14.2 Å². The van der Waals surface area contributed by atoms with Crippen LogP contribution in [0.15, 0.2) is 72.8 Å². The van der Waals surface area contributed by atoms with Gasteiger partial charge in [-0.05, 0) is 96.1 Å². The molecule has 0 heterocycles. The Morgan fingerprint density at radius 1 is 0.609 bits per heavy atom. The van der Waals surface area contributed by atoms with Gasteiger partial charge in [0, 0.05) is 35.8 Å². The molecule has 0 saturated carbocycles. The van der Waals surface area contributed by atoms with Crippen molar-refractivity contribution in [3.05, 3.63) is 95.6 Å². The van der Waals surface area contributed by atoms with Crippen LogP contribution in [0.4, 0.5) is 8.78 Å². The lowest BCUT2D eigenvalue weighted by Gasteiger charge is -2.10. The van der Waals surface area contributed by atoms with Crippen LogP contribution in [0.3, 0.4) is 0 Å². The molecule has 46 heavy (non-hydrogen) atoms. The Labute approximate surface area is 263 Å². The van der Waals surface area contributed by atoms with Crippen molar-refractivity contribution in [1.82, 2.24) is 11.0 Å². The molecule has 0 unspecified atom stereocenters. The average Bonchev–Trinajstić information content (AvgIpc) is 3.07. The third-order valence-electron chi connectivity index (χ3n) is 7.11. The topological polar surface area (TPSA) is 129 Å². The summed E-state index contributed by atoms with van der Waals surface area (Å²) in [5.74, 6) is -2.80. The van der Waals surface area contributed by atoms with Crippen molar-refractivity contribution < 1.29 is 47.1 Å². The van der Waals surface area contributed by atoms with E-state index in [9.17, 15) is 28.0 Å². The molecule has 0 aliphatic heterocycles. The summed E-state index contributed by atoms with van der Waals surface area (Å²) in [6.45, 7) is 0. The van der Waals surface area contributed by atoms with Crippen molar-refractivity contribution >= 4 is 45.3 Å². The average molecular weight is 635 g/mol. The first-order valence-electron chi connectivity index (χ1n) is 14.4. The van der Waals surface area contributed by atoms with Crippen molar-refractivity contribution in [2.24, 2.45) is 0 Å². The molecular formula is C34H32F2N2O8. The highest BCUT2D eigenvalue weighted by molar-refractivity contribution is 5.93. The predicted molar refractivity (Wildman–Crippen MR) is 164 cm³/mol. The van der Waals surface area contributed by atoms with Gasteiger partial charge in [0.2, 0.25) is 0 Å². The third-order valence-corrected chi connectivity index (χ3v) is 7.11. The van der Waals surface area contributed by atoms with Crippen LogP contribution in [0.1, 0.15) is 36.8 Å². The fraction of sp³-hybridized carbons (Fsp3) is 0.235. The molecular weight excluding hydrogens is 602 g/mol. The Balaban J connectivity index is 1.13. The zero-order valence-corrected chi connectivity index (χ0v) is 25.2. The number of ether oxygens (including phenoxy) is 2. The number of hydrogen-bond acceptors (Lipinski definition) is 8. The summed E-state index contributed by atoms with van der Waals surface area (Å²) in [5, 5.41) is 2.25. The quantitative estimate of drug-likeness (QED) is 0.158. The number of hydrogen-bond donors (Lipinski definition) is 2. The first-order chi connectivity index (χ1) is 22.2. The molecule has 0 aromatic heterocycles. The third kappa shape index (κ3) is 9.00. The van der Waals surface area contributed by atoms with Crippen LogP contribution in [0.2, 0.25) is 0 Å². The molecule has 2 amide bonds. The number of benzene rings is 4. The van der Waals surface area contributed by atoms with E-state index in [1.165, 1.54) is 26.4 Å². The lowest BCUT2D eigenvalue weighted by molar-refractivity contribution is -0.155. The largest absolute Gasteiger partial charge is 0.497 e. The minimum atomic E-state index is -1.04. The van der Waals surface area contributed by atoms with Gasteiger partial charge in [-0.25, -0.2) is 18.4 Å². The number of carbonyl (C=O) groups excluding carboxylic acids is 4. The van der Waals surface area contributed by atoms with Crippen LogP contribution in [0.25, 0.3) is 21.5 Å². The SMILES string of the molecule is COc1ccc2c(F)ccc(CCCC(=O)NOC(=O)/C=C/C(=O)ONC(=O)CCCc3ccc(F)c4ccc(OC)cc34)c2c1. The van der Waals surface area contributed by atoms with Crippen molar-refractivity contribution in [1.29, 1.82) is 0 Å². The van der Waals surface area contributed by atoms with Gasteiger partial charge in [0.1, 0.15) is 23.1 Å². The van der Waals surface area contributed by atoms with E-state index in [4.69, 9.17) is 9.47 Å². The van der Waals surface area contributed by atoms with Crippen molar-refractivity contribution in [3.8, 4) is 11.5 Å². The van der Waals surface area contributed by atoms with Crippen LogP contribution >= 0.6 is 0 Å². The second-order valence-corrected chi connectivity index (χ2v) is 10.2. The lowest BCUT2D eigenvalue weighted by Crippen LogP contribution is -2.27. The van der Waals surface area contributed by atoms with Gasteiger partial charge in [0.15, 0.2) is 0 Å². The Morgan fingerprint density at radius 2 is 1.02 bits per heavy atom. The van der Waals surface area contributed by atoms with Gasteiger partial charge in [-0.1, -0.05) is 12.1 Å². The smallest absolute Gasteiger partial charge is 0.356 e. The highest BCUT2D eigenvalue weighted by atomic mass is 19.1. The molecule has 4 aromatic carbocycles. The molecule has 0 aliphatic rings. The lowest BCUT2D eigenvalue weighted by atomic mass is 9.99. The fourth-order valence-electron chi connectivity index (χ4n) is 4.79. The maximum absolute atomic E-state index is 14.2. The molecule has 0 radical (unpaired) electrons. The molecule has 0 aliphatic carbocycles. The summed E-state index contributed by atoms with van der Waals surface area (Å²) in [6, 6.07) is 16.1. The molecule has 0 atom stereocenters. The normalized spacial score (nSPS) is 11.0. The van der Waals surface area contributed by atoms with Gasteiger partial charge < -0.3 is 19.1 Å². The molecule has 4 aromatic rings. The number of halogens is 2. The number of methoxy groups -OCH3 is 2. The van der Waals surface area contributed by atoms with E-state index in [-0.39, 0.29) is 24.5 Å². The van der Waals surface area contributed by atoms with Crippen LogP contribution < -0.4 is 20.4 Å². The number of nitrogens with one attached hydrogen (secondary N) is 2. The van der Waals surface area contributed by atoms with E-state index in [0.29, 0.717) is 58.7 Å². The van der Waals surface area contributed by atoms with Gasteiger partial charge in [0.25, 0.3) is 11.8 Å². The number of carbonyl (C=O) groups is 4. The standard InChI is InChI=1S/C34H32F2N2O8/c1-43-23-11-13-25-27(19-23)21(9-15-29(25)35)5-3-7-31(39)37-45-33(41)17-18-34(42)46-38-32(40)8-4-6-22-10-16-30(36)26-14-12-24(44-2)20-28(22)26/h9-20H,3-8H2,1-2H3,(H,37,39)(H,38,40)/b18-17+. The molecule has 12 heteroatoms. The first kappa shape index (κ1) is 33.4. The zero-order valence-electron chi connectivity index (χ0n) is 25.2. The van der Waals surface area contributed by atoms with Crippen LogP contribution in [-0.2, 0) is 41.7 Å². The van der Waals surface area contributed by atoms with Crippen LogP contribution in [0, 0.1) is 11.6 Å². The second-order valence-electron chi connectivity index (χ2n) is 10.2. The number of rotatable bonds is 12. The van der Waals surface area contributed by atoms with Gasteiger partial charge in [-0.15, -0.1) is 0 Å².